The largest absolute Gasteiger partial charge is 0.497 e. The molecular weight excluding hydrogens is 246 g/mol. The fourth-order valence-corrected chi connectivity index (χ4v) is 2.04. The fraction of sp³-hybridized carbons (Fsp3) is 0.500. The minimum absolute atomic E-state index is 0.151. The lowest BCUT2D eigenvalue weighted by molar-refractivity contribution is -0.121. The van der Waals surface area contributed by atoms with Crippen molar-refractivity contribution in [3.63, 3.8) is 0 Å². The van der Waals surface area contributed by atoms with Gasteiger partial charge in [0.05, 0.1) is 7.11 Å². The standard InChI is InChI=1S/C14H21NO2S/c1-17-13-7-5-12(6-8-13)9-10-15-14(16)4-3-11-18-2/h5-8H,3-4,9-11H2,1-2H3,(H,15,16). The second-order valence-corrected chi connectivity index (χ2v) is 5.03. The zero-order chi connectivity index (χ0) is 13.2. The van der Waals surface area contributed by atoms with E-state index >= 15 is 0 Å². The molecule has 0 atom stereocenters. The summed E-state index contributed by atoms with van der Waals surface area (Å²) in [4.78, 5) is 11.5. The first-order valence-corrected chi connectivity index (χ1v) is 7.54. The molecule has 1 aromatic carbocycles. The van der Waals surface area contributed by atoms with Gasteiger partial charge < -0.3 is 10.1 Å². The van der Waals surface area contributed by atoms with Crippen molar-refractivity contribution in [2.24, 2.45) is 0 Å². The molecule has 3 nitrogen and oxygen atoms in total. The van der Waals surface area contributed by atoms with Crippen LogP contribution in [-0.2, 0) is 11.2 Å². The Morgan fingerprint density at radius 3 is 2.67 bits per heavy atom. The number of nitrogens with one attached hydrogen (secondary N) is 1. The number of carbonyl (C=O) groups is 1. The highest BCUT2D eigenvalue weighted by Gasteiger charge is 2.00. The van der Waals surface area contributed by atoms with E-state index in [1.54, 1.807) is 18.9 Å². The number of methoxy groups -OCH3 is 1. The van der Waals surface area contributed by atoms with E-state index in [0.717, 1.165) is 24.3 Å². The predicted molar refractivity (Wildman–Crippen MR) is 77.3 cm³/mol. The van der Waals surface area contributed by atoms with Crippen LogP contribution in [0.25, 0.3) is 0 Å². The molecule has 0 saturated carbocycles. The average Bonchev–Trinajstić information content (AvgIpc) is 2.40. The third-order valence-corrected chi connectivity index (χ3v) is 3.34. The first-order chi connectivity index (χ1) is 8.76. The van der Waals surface area contributed by atoms with Crippen LogP contribution in [0, 0.1) is 0 Å². The summed E-state index contributed by atoms with van der Waals surface area (Å²) in [5, 5.41) is 2.94. The van der Waals surface area contributed by atoms with Crippen LogP contribution in [0.5, 0.6) is 5.75 Å². The van der Waals surface area contributed by atoms with Gasteiger partial charge in [0.25, 0.3) is 0 Å². The quantitative estimate of drug-likeness (QED) is 0.735. The molecule has 100 valence electrons. The van der Waals surface area contributed by atoms with Crippen LogP contribution in [0.2, 0.25) is 0 Å². The highest BCUT2D eigenvalue weighted by Crippen LogP contribution is 2.11. The highest BCUT2D eigenvalue weighted by molar-refractivity contribution is 7.98. The zero-order valence-electron chi connectivity index (χ0n) is 11.1. The lowest BCUT2D eigenvalue weighted by Gasteiger charge is -2.06. The number of thioether (sulfide) groups is 1. The molecule has 0 radical (unpaired) electrons. The molecular formula is C14H21NO2S. The van der Waals surface area contributed by atoms with Crippen molar-refractivity contribution < 1.29 is 9.53 Å². The zero-order valence-corrected chi connectivity index (χ0v) is 11.9. The molecule has 1 aromatic rings. The summed E-state index contributed by atoms with van der Waals surface area (Å²) in [6.45, 7) is 0.699. The Hall–Kier alpha value is -1.16. The van der Waals surface area contributed by atoms with Crippen LogP contribution in [0.3, 0.4) is 0 Å². The summed E-state index contributed by atoms with van der Waals surface area (Å²) in [5.41, 5.74) is 1.21. The van der Waals surface area contributed by atoms with Crippen molar-refractivity contribution in [1.29, 1.82) is 0 Å². The predicted octanol–water partition coefficient (Wildman–Crippen LogP) is 2.50. The average molecular weight is 267 g/mol. The maximum absolute atomic E-state index is 11.5. The van der Waals surface area contributed by atoms with Gasteiger partial charge in [-0.25, -0.2) is 0 Å². The Morgan fingerprint density at radius 1 is 1.33 bits per heavy atom. The number of ether oxygens (including phenoxy) is 1. The molecule has 1 rings (SSSR count). The van der Waals surface area contributed by atoms with E-state index in [9.17, 15) is 4.79 Å². The van der Waals surface area contributed by atoms with Crippen molar-refractivity contribution >= 4 is 17.7 Å². The van der Waals surface area contributed by atoms with Crippen molar-refractivity contribution in [3.8, 4) is 5.75 Å². The Kier molecular flexibility index (Phi) is 7.34. The molecule has 0 heterocycles. The number of hydrogen-bond donors (Lipinski definition) is 1. The van der Waals surface area contributed by atoms with E-state index in [4.69, 9.17) is 4.74 Å². The van der Waals surface area contributed by atoms with Gasteiger partial charge >= 0.3 is 0 Å². The van der Waals surface area contributed by atoms with Crippen molar-refractivity contribution in [2.45, 2.75) is 19.3 Å². The summed E-state index contributed by atoms with van der Waals surface area (Å²) >= 11 is 1.78. The number of amides is 1. The molecule has 0 aliphatic rings. The molecule has 0 unspecified atom stereocenters. The summed E-state index contributed by atoms with van der Waals surface area (Å²) in [7, 11) is 1.66. The molecule has 1 N–H and O–H groups in total. The second kappa shape index (κ2) is 8.86. The van der Waals surface area contributed by atoms with Gasteiger partial charge in [-0.3, -0.25) is 4.79 Å². The van der Waals surface area contributed by atoms with Gasteiger partial charge in [-0.05, 0) is 42.5 Å². The van der Waals surface area contributed by atoms with Gasteiger partial charge in [0.1, 0.15) is 5.75 Å². The van der Waals surface area contributed by atoms with Gasteiger partial charge in [-0.2, -0.15) is 11.8 Å². The van der Waals surface area contributed by atoms with E-state index in [-0.39, 0.29) is 5.91 Å². The van der Waals surface area contributed by atoms with Gasteiger partial charge in [-0.1, -0.05) is 12.1 Å². The molecule has 0 aliphatic carbocycles. The van der Waals surface area contributed by atoms with Gasteiger partial charge in [0.2, 0.25) is 5.91 Å². The van der Waals surface area contributed by atoms with Crippen molar-refractivity contribution in [3.05, 3.63) is 29.8 Å². The number of rotatable bonds is 8. The maximum Gasteiger partial charge on any atom is 0.220 e. The molecule has 0 bridgehead atoms. The Morgan fingerprint density at radius 2 is 2.06 bits per heavy atom. The van der Waals surface area contributed by atoms with E-state index < -0.39 is 0 Å². The second-order valence-electron chi connectivity index (χ2n) is 4.04. The molecule has 0 fully saturated rings. The molecule has 4 heteroatoms. The van der Waals surface area contributed by atoms with Crippen molar-refractivity contribution in [2.75, 3.05) is 25.7 Å². The molecule has 0 aromatic heterocycles. The first kappa shape index (κ1) is 14.9. The number of hydrogen-bond acceptors (Lipinski definition) is 3. The smallest absolute Gasteiger partial charge is 0.220 e. The van der Waals surface area contributed by atoms with E-state index in [1.165, 1.54) is 5.56 Å². The molecule has 0 saturated heterocycles. The van der Waals surface area contributed by atoms with Crippen LogP contribution in [0.1, 0.15) is 18.4 Å². The lowest BCUT2D eigenvalue weighted by atomic mass is 10.1. The summed E-state index contributed by atoms with van der Waals surface area (Å²) in [5.74, 6) is 2.06. The Labute approximate surface area is 113 Å². The van der Waals surface area contributed by atoms with Gasteiger partial charge in [0, 0.05) is 13.0 Å². The number of carbonyl (C=O) groups excluding carboxylic acids is 1. The Bertz CT molecular complexity index is 351. The maximum atomic E-state index is 11.5. The normalized spacial score (nSPS) is 10.1. The lowest BCUT2D eigenvalue weighted by Crippen LogP contribution is -2.25. The molecule has 0 spiro atoms. The van der Waals surface area contributed by atoms with Crippen molar-refractivity contribution in [1.82, 2.24) is 5.32 Å². The SMILES string of the molecule is COc1ccc(CCNC(=O)CCCSC)cc1. The number of benzene rings is 1. The van der Waals surface area contributed by atoms with Gasteiger partial charge in [-0.15, -0.1) is 0 Å². The van der Waals surface area contributed by atoms with Crippen LogP contribution in [-0.4, -0.2) is 31.6 Å². The fourth-order valence-electron chi connectivity index (χ4n) is 1.60. The first-order valence-electron chi connectivity index (χ1n) is 6.15. The molecule has 1 amide bonds. The molecule has 18 heavy (non-hydrogen) atoms. The highest BCUT2D eigenvalue weighted by atomic mass is 32.2. The minimum atomic E-state index is 0.151. The third kappa shape index (κ3) is 5.96. The summed E-state index contributed by atoms with van der Waals surface area (Å²) < 4.78 is 5.10. The van der Waals surface area contributed by atoms with Crippen LogP contribution in [0.4, 0.5) is 0 Å². The van der Waals surface area contributed by atoms with Crippen LogP contribution in [0.15, 0.2) is 24.3 Å². The monoisotopic (exact) mass is 267 g/mol. The van der Waals surface area contributed by atoms with E-state index in [2.05, 4.69) is 11.6 Å². The summed E-state index contributed by atoms with van der Waals surface area (Å²) in [6.07, 6.45) is 4.50. The topological polar surface area (TPSA) is 38.3 Å². The Balaban J connectivity index is 2.18. The van der Waals surface area contributed by atoms with E-state index in [1.807, 2.05) is 24.3 Å². The van der Waals surface area contributed by atoms with E-state index in [0.29, 0.717) is 13.0 Å². The van der Waals surface area contributed by atoms with Crippen LogP contribution >= 0.6 is 11.8 Å². The third-order valence-electron chi connectivity index (χ3n) is 2.65. The molecule has 0 aliphatic heterocycles. The summed E-state index contributed by atoms with van der Waals surface area (Å²) in [6, 6.07) is 7.93. The van der Waals surface area contributed by atoms with Crippen LogP contribution < -0.4 is 10.1 Å². The minimum Gasteiger partial charge on any atom is -0.497 e. The van der Waals surface area contributed by atoms with Gasteiger partial charge in [0.15, 0.2) is 0 Å².